The molecule has 0 bridgehead atoms. The normalized spacial score (nSPS) is 15.9. The summed E-state index contributed by atoms with van der Waals surface area (Å²) < 4.78 is 0. The molecule has 1 aliphatic rings. The molecule has 0 heterocycles. The van der Waals surface area contributed by atoms with Crippen LogP contribution in [0.15, 0.2) is 42.5 Å². The summed E-state index contributed by atoms with van der Waals surface area (Å²) in [6, 6.07) is 9.69. The van der Waals surface area contributed by atoms with E-state index in [9.17, 15) is 9.59 Å². The molecule has 0 spiro atoms. The molecule has 1 aromatic rings. The molecule has 4 nitrogen and oxygen atoms in total. The number of carboxylic acid groups (broad SMARTS) is 1. The third-order valence-electron chi connectivity index (χ3n) is 3.80. The van der Waals surface area contributed by atoms with E-state index in [-0.39, 0.29) is 18.4 Å². The van der Waals surface area contributed by atoms with Crippen LogP contribution in [0.4, 0.5) is 0 Å². The van der Waals surface area contributed by atoms with Gasteiger partial charge in [-0.25, -0.2) is 0 Å². The molecule has 1 amide bonds. The van der Waals surface area contributed by atoms with E-state index >= 15 is 0 Å². The highest BCUT2D eigenvalue weighted by Crippen LogP contribution is 2.22. The second kappa shape index (κ2) is 7.07. The number of nitrogens with zero attached hydrogens (tertiary/aromatic N) is 1. The highest BCUT2D eigenvalue weighted by atomic mass is 16.4. The van der Waals surface area contributed by atoms with Crippen molar-refractivity contribution in [1.82, 2.24) is 4.90 Å². The molecule has 1 aliphatic carbocycles. The van der Waals surface area contributed by atoms with Crippen molar-refractivity contribution < 1.29 is 14.7 Å². The summed E-state index contributed by atoms with van der Waals surface area (Å²) in [5, 5.41) is 9.09. The molecule has 1 N–H and O–H groups in total. The zero-order chi connectivity index (χ0) is 15.2. The average molecular weight is 287 g/mol. The van der Waals surface area contributed by atoms with E-state index in [1.165, 1.54) is 0 Å². The van der Waals surface area contributed by atoms with E-state index in [0.717, 1.165) is 18.4 Å². The second-order valence-electron chi connectivity index (χ2n) is 5.58. The molecular formula is C17H21NO3. The van der Waals surface area contributed by atoms with Gasteiger partial charge < -0.3 is 10.0 Å². The lowest BCUT2D eigenvalue weighted by molar-refractivity contribution is -0.144. The minimum absolute atomic E-state index is 0.0327. The minimum Gasteiger partial charge on any atom is -0.481 e. The van der Waals surface area contributed by atoms with Crippen molar-refractivity contribution in [2.45, 2.75) is 26.3 Å². The highest BCUT2D eigenvalue weighted by Gasteiger charge is 2.27. The fourth-order valence-electron chi connectivity index (χ4n) is 2.52. The molecule has 1 atom stereocenters. The molecule has 4 heteroatoms. The predicted octanol–water partition coefficient (Wildman–Crippen LogP) is 2.70. The van der Waals surface area contributed by atoms with Gasteiger partial charge in [-0.15, -0.1) is 0 Å². The SMILES string of the molecule is C[C@@H](CN(Cc1ccccc1)C(=O)C1CC=CC1)C(=O)O. The van der Waals surface area contributed by atoms with Crippen molar-refractivity contribution in [3.8, 4) is 0 Å². The summed E-state index contributed by atoms with van der Waals surface area (Å²) in [6.45, 7) is 2.36. The molecule has 1 aromatic carbocycles. The molecule has 112 valence electrons. The first-order valence-electron chi connectivity index (χ1n) is 7.28. The Morgan fingerprint density at radius 2 is 1.86 bits per heavy atom. The van der Waals surface area contributed by atoms with Crippen molar-refractivity contribution in [3.05, 3.63) is 48.0 Å². The van der Waals surface area contributed by atoms with E-state index in [2.05, 4.69) is 0 Å². The van der Waals surface area contributed by atoms with Crippen LogP contribution in [0.3, 0.4) is 0 Å². The molecule has 0 saturated heterocycles. The van der Waals surface area contributed by atoms with Crippen LogP contribution in [0.2, 0.25) is 0 Å². The molecule has 0 radical (unpaired) electrons. The van der Waals surface area contributed by atoms with E-state index < -0.39 is 11.9 Å². The molecule has 0 saturated carbocycles. The van der Waals surface area contributed by atoms with E-state index in [1.807, 2.05) is 42.5 Å². The van der Waals surface area contributed by atoms with Gasteiger partial charge in [0.05, 0.1) is 5.92 Å². The van der Waals surface area contributed by atoms with Crippen LogP contribution in [0.25, 0.3) is 0 Å². The van der Waals surface area contributed by atoms with Gasteiger partial charge in [0.1, 0.15) is 0 Å². The zero-order valence-electron chi connectivity index (χ0n) is 12.2. The van der Waals surface area contributed by atoms with Crippen LogP contribution in [0.1, 0.15) is 25.3 Å². The summed E-state index contributed by atoms with van der Waals surface area (Å²) in [5.74, 6) is -1.41. The summed E-state index contributed by atoms with van der Waals surface area (Å²) in [4.78, 5) is 25.4. The van der Waals surface area contributed by atoms with Crippen molar-refractivity contribution in [2.24, 2.45) is 11.8 Å². The number of rotatable bonds is 6. The van der Waals surface area contributed by atoms with Crippen molar-refractivity contribution in [2.75, 3.05) is 6.54 Å². The zero-order valence-corrected chi connectivity index (χ0v) is 12.2. The van der Waals surface area contributed by atoms with Crippen LogP contribution >= 0.6 is 0 Å². The summed E-state index contributed by atoms with van der Waals surface area (Å²) in [6.07, 6.45) is 5.55. The Labute approximate surface area is 125 Å². The second-order valence-corrected chi connectivity index (χ2v) is 5.58. The van der Waals surface area contributed by atoms with Gasteiger partial charge in [0.15, 0.2) is 0 Å². The predicted molar refractivity (Wildman–Crippen MR) is 80.5 cm³/mol. The Balaban J connectivity index is 2.09. The third-order valence-corrected chi connectivity index (χ3v) is 3.80. The van der Waals surface area contributed by atoms with Gasteiger partial charge in [0.2, 0.25) is 5.91 Å². The largest absolute Gasteiger partial charge is 0.481 e. The number of carbonyl (C=O) groups excluding carboxylic acids is 1. The first-order chi connectivity index (χ1) is 10.1. The van der Waals surface area contributed by atoms with E-state index in [0.29, 0.717) is 6.54 Å². The lowest BCUT2D eigenvalue weighted by Crippen LogP contribution is -2.39. The molecule has 0 fully saturated rings. The third kappa shape index (κ3) is 4.18. The molecular weight excluding hydrogens is 266 g/mol. The number of hydrogen-bond donors (Lipinski definition) is 1. The average Bonchev–Trinajstić information content (AvgIpc) is 3.01. The quantitative estimate of drug-likeness (QED) is 0.818. The van der Waals surface area contributed by atoms with Crippen LogP contribution < -0.4 is 0 Å². The monoisotopic (exact) mass is 287 g/mol. The Morgan fingerprint density at radius 1 is 1.24 bits per heavy atom. The van der Waals surface area contributed by atoms with Crippen LogP contribution in [0, 0.1) is 11.8 Å². The molecule has 0 aromatic heterocycles. The van der Waals surface area contributed by atoms with Crippen LogP contribution in [-0.2, 0) is 16.1 Å². The van der Waals surface area contributed by atoms with Crippen molar-refractivity contribution in [1.29, 1.82) is 0 Å². The number of carbonyl (C=O) groups is 2. The van der Waals surface area contributed by atoms with Gasteiger partial charge in [0, 0.05) is 19.0 Å². The van der Waals surface area contributed by atoms with Crippen LogP contribution in [-0.4, -0.2) is 28.4 Å². The Hall–Kier alpha value is -2.10. The Morgan fingerprint density at radius 3 is 2.43 bits per heavy atom. The minimum atomic E-state index is -0.870. The Kier molecular flexibility index (Phi) is 5.14. The lowest BCUT2D eigenvalue weighted by Gasteiger charge is -2.27. The number of carboxylic acids is 1. The smallest absolute Gasteiger partial charge is 0.308 e. The van der Waals surface area contributed by atoms with Crippen molar-refractivity contribution in [3.63, 3.8) is 0 Å². The maximum Gasteiger partial charge on any atom is 0.308 e. The lowest BCUT2D eigenvalue weighted by atomic mass is 10.0. The standard InChI is InChI=1S/C17H21NO3/c1-13(17(20)21)11-18(12-14-7-3-2-4-8-14)16(19)15-9-5-6-10-15/h2-8,13,15H,9-12H2,1H3,(H,20,21)/t13-/m0/s1. The summed E-state index contributed by atoms with van der Waals surface area (Å²) in [5.41, 5.74) is 1.02. The summed E-state index contributed by atoms with van der Waals surface area (Å²) >= 11 is 0. The molecule has 0 unspecified atom stereocenters. The maximum atomic E-state index is 12.6. The maximum absolute atomic E-state index is 12.6. The van der Waals surface area contributed by atoms with Gasteiger partial charge in [-0.05, 0) is 18.4 Å². The van der Waals surface area contributed by atoms with Crippen LogP contribution in [0.5, 0.6) is 0 Å². The summed E-state index contributed by atoms with van der Waals surface area (Å²) in [7, 11) is 0. The number of allylic oxidation sites excluding steroid dienone is 2. The number of amides is 1. The van der Waals surface area contributed by atoms with E-state index in [1.54, 1.807) is 11.8 Å². The van der Waals surface area contributed by atoms with Gasteiger partial charge >= 0.3 is 5.97 Å². The first-order valence-corrected chi connectivity index (χ1v) is 7.28. The van der Waals surface area contributed by atoms with E-state index in [4.69, 9.17) is 5.11 Å². The van der Waals surface area contributed by atoms with Gasteiger partial charge in [-0.3, -0.25) is 9.59 Å². The number of aliphatic carboxylic acids is 1. The number of benzene rings is 1. The van der Waals surface area contributed by atoms with Crippen molar-refractivity contribution >= 4 is 11.9 Å². The molecule has 2 rings (SSSR count). The highest BCUT2D eigenvalue weighted by molar-refractivity contribution is 5.80. The topological polar surface area (TPSA) is 57.6 Å². The van der Waals surface area contributed by atoms with Gasteiger partial charge in [-0.2, -0.15) is 0 Å². The number of hydrogen-bond acceptors (Lipinski definition) is 2. The molecule has 0 aliphatic heterocycles. The van der Waals surface area contributed by atoms with Gasteiger partial charge in [0.25, 0.3) is 0 Å². The fourth-order valence-corrected chi connectivity index (χ4v) is 2.52. The fraction of sp³-hybridized carbons (Fsp3) is 0.412. The molecule has 21 heavy (non-hydrogen) atoms. The Bertz CT molecular complexity index is 516. The van der Waals surface area contributed by atoms with Gasteiger partial charge in [-0.1, -0.05) is 49.4 Å². The first kappa shape index (κ1) is 15.3.